The van der Waals surface area contributed by atoms with Gasteiger partial charge in [-0.1, -0.05) is 42.5 Å². The predicted molar refractivity (Wildman–Crippen MR) is 82.4 cm³/mol. The molecule has 0 saturated carbocycles. The molecule has 0 spiro atoms. The van der Waals surface area contributed by atoms with Gasteiger partial charge in [-0.2, -0.15) is 0 Å². The van der Waals surface area contributed by atoms with Crippen LogP contribution in [0.1, 0.15) is 5.56 Å². The Balaban J connectivity index is 1.84. The molecule has 0 aliphatic rings. The van der Waals surface area contributed by atoms with Crippen molar-refractivity contribution in [1.29, 1.82) is 0 Å². The zero-order valence-electron chi connectivity index (χ0n) is 10.6. The SMILES string of the molecule is Fc1ccc(COc2ccc3ccccc3c2Br)cc1. The molecule has 0 aliphatic heterocycles. The van der Waals surface area contributed by atoms with Gasteiger partial charge in [0, 0.05) is 0 Å². The Morgan fingerprint density at radius 1 is 0.900 bits per heavy atom. The second-order valence-electron chi connectivity index (χ2n) is 4.51. The van der Waals surface area contributed by atoms with Crippen LogP contribution in [-0.2, 0) is 6.61 Å². The van der Waals surface area contributed by atoms with Gasteiger partial charge in [0.2, 0.25) is 0 Å². The molecular weight excluding hydrogens is 319 g/mol. The maximum absolute atomic E-state index is 12.8. The van der Waals surface area contributed by atoms with Crippen LogP contribution >= 0.6 is 15.9 Å². The fourth-order valence-corrected chi connectivity index (χ4v) is 2.67. The maximum atomic E-state index is 12.8. The Hall–Kier alpha value is -1.87. The van der Waals surface area contributed by atoms with E-state index >= 15 is 0 Å². The minimum Gasteiger partial charge on any atom is -0.488 e. The molecule has 0 aliphatic carbocycles. The van der Waals surface area contributed by atoms with Gasteiger partial charge in [0.25, 0.3) is 0 Å². The zero-order chi connectivity index (χ0) is 13.9. The first-order valence-corrected chi connectivity index (χ1v) is 7.08. The van der Waals surface area contributed by atoms with Gasteiger partial charge >= 0.3 is 0 Å². The largest absolute Gasteiger partial charge is 0.488 e. The number of fused-ring (bicyclic) bond motifs is 1. The lowest BCUT2D eigenvalue weighted by Crippen LogP contribution is -1.96. The van der Waals surface area contributed by atoms with E-state index in [9.17, 15) is 4.39 Å². The molecule has 0 bridgehead atoms. The number of rotatable bonds is 3. The molecule has 0 radical (unpaired) electrons. The van der Waals surface area contributed by atoms with Gasteiger partial charge in [0.05, 0.1) is 4.47 Å². The number of benzene rings is 3. The van der Waals surface area contributed by atoms with E-state index in [-0.39, 0.29) is 5.82 Å². The van der Waals surface area contributed by atoms with Crippen LogP contribution < -0.4 is 4.74 Å². The summed E-state index contributed by atoms with van der Waals surface area (Å²) in [7, 11) is 0. The molecule has 20 heavy (non-hydrogen) atoms. The normalized spacial score (nSPS) is 10.7. The maximum Gasteiger partial charge on any atom is 0.134 e. The molecule has 1 nitrogen and oxygen atoms in total. The molecule has 3 aromatic carbocycles. The van der Waals surface area contributed by atoms with Crippen LogP contribution in [0.25, 0.3) is 10.8 Å². The van der Waals surface area contributed by atoms with Gasteiger partial charge in [-0.05, 0) is 50.5 Å². The Morgan fingerprint density at radius 2 is 1.65 bits per heavy atom. The van der Waals surface area contributed by atoms with E-state index in [4.69, 9.17) is 4.74 Å². The average Bonchev–Trinajstić information content (AvgIpc) is 2.49. The van der Waals surface area contributed by atoms with Crippen LogP contribution in [0.4, 0.5) is 4.39 Å². The lowest BCUT2D eigenvalue weighted by atomic mass is 10.1. The van der Waals surface area contributed by atoms with E-state index in [1.54, 1.807) is 12.1 Å². The topological polar surface area (TPSA) is 9.23 Å². The Bertz CT molecular complexity index is 738. The monoisotopic (exact) mass is 330 g/mol. The van der Waals surface area contributed by atoms with Gasteiger partial charge in [-0.3, -0.25) is 0 Å². The first-order chi connectivity index (χ1) is 9.74. The van der Waals surface area contributed by atoms with Crippen LogP contribution in [0.15, 0.2) is 65.1 Å². The number of hydrogen-bond donors (Lipinski definition) is 0. The fraction of sp³-hybridized carbons (Fsp3) is 0.0588. The first-order valence-electron chi connectivity index (χ1n) is 6.28. The second kappa shape index (κ2) is 5.63. The lowest BCUT2D eigenvalue weighted by molar-refractivity contribution is 0.304. The molecule has 0 saturated heterocycles. The summed E-state index contributed by atoms with van der Waals surface area (Å²) in [6, 6.07) is 18.4. The summed E-state index contributed by atoms with van der Waals surface area (Å²) in [5.41, 5.74) is 0.937. The number of halogens is 2. The molecule has 3 heteroatoms. The van der Waals surface area contributed by atoms with Crippen molar-refractivity contribution in [3.8, 4) is 5.75 Å². The zero-order valence-corrected chi connectivity index (χ0v) is 12.2. The molecule has 0 aromatic heterocycles. The molecule has 0 unspecified atom stereocenters. The van der Waals surface area contributed by atoms with E-state index in [2.05, 4.69) is 22.0 Å². The number of ether oxygens (including phenoxy) is 1. The molecule has 0 atom stereocenters. The number of hydrogen-bond acceptors (Lipinski definition) is 1. The van der Waals surface area contributed by atoms with Gasteiger partial charge in [0.1, 0.15) is 18.2 Å². The van der Waals surface area contributed by atoms with Crippen molar-refractivity contribution >= 4 is 26.7 Å². The van der Waals surface area contributed by atoms with E-state index in [0.717, 1.165) is 26.6 Å². The van der Waals surface area contributed by atoms with Crippen molar-refractivity contribution in [3.63, 3.8) is 0 Å². The summed E-state index contributed by atoms with van der Waals surface area (Å²) >= 11 is 3.58. The van der Waals surface area contributed by atoms with Gasteiger partial charge < -0.3 is 4.74 Å². The predicted octanol–water partition coefficient (Wildman–Crippen LogP) is 5.32. The van der Waals surface area contributed by atoms with Gasteiger partial charge in [0.15, 0.2) is 0 Å². The molecule has 0 fully saturated rings. The van der Waals surface area contributed by atoms with E-state index < -0.39 is 0 Å². The Kier molecular flexibility index (Phi) is 3.70. The van der Waals surface area contributed by atoms with Crippen molar-refractivity contribution in [1.82, 2.24) is 0 Å². The highest BCUT2D eigenvalue weighted by molar-refractivity contribution is 9.10. The van der Waals surface area contributed by atoms with E-state index in [1.807, 2.05) is 30.3 Å². The summed E-state index contributed by atoms with van der Waals surface area (Å²) in [5, 5.41) is 2.28. The highest BCUT2D eigenvalue weighted by atomic mass is 79.9. The fourth-order valence-electron chi connectivity index (χ4n) is 2.07. The van der Waals surface area contributed by atoms with Crippen molar-refractivity contribution in [2.75, 3.05) is 0 Å². The summed E-state index contributed by atoms with van der Waals surface area (Å²) in [4.78, 5) is 0. The van der Waals surface area contributed by atoms with Crippen LogP contribution in [0, 0.1) is 5.82 Å². The first kappa shape index (κ1) is 13.1. The molecule has 100 valence electrons. The summed E-state index contributed by atoms with van der Waals surface area (Å²) in [6.45, 7) is 0.414. The van der Waals surface area contributed by atoms with Crippen LogP contribution in [0.2, 0.25) is 0 Å². The lowest BCUT2D eigenvalue weighted by Gasteiger charge is -2.10. The Morgan fingerprint density at radius 3 is 2.45 bits per heavy atom. The third-order valence-electron chi connectivity index (χ3n) is 3.14. The average molecular weight is 331 g/mol. The smallest absolute Gasteiger partial charge is 0.134 e. The third-order valence-corrected chi connectivity index (χ3v) is 3.95. The van der Waals surface area contributed by atoms with Crippen molar-refractivity contribution < 1.29 is 9.13 Å². The van der Waals surface area contributed by atoms with Crippen LogP contribution in [0.5, 0.6) is 5.75 Å². The van der Waals surface area contributed by atoms with Crippen molar-refractivity contribution in [3.05, 3.63) is 76.5 Å². The molecule has 0 heterocycles. The Labute approximate surface area is 125 Å². The summed E-state index contributed by atoms with van der Waals surface area (Å²) in [6.07, 6.45) is 0. The molecule has 0 amide bonds. The highest BCUT2D eigenvalue weighted by Crippen LogP contribution is 2.33. The highest BCUT2D eigenvalue weighted by Gasteiger charge is 2.06. The summed E-state index contributed by atoms with van der Waals surface area (Å²) in [5.74, 6) is 0.550. The minimum atomic E-state index is -0.236. The molecule has 3 aromatic rings. The minimum absolute atomic E-state index is 0.236. The second-order valence-corrected chi connectivity index (χ2v) is 5.31. The van der Waals surface area contributed by atoms with Crippen molar-refractivity contribution in [2.24, 2.45) is 0 Å². The van der Waals surface area contributed by atoms with Gasteiger partial charge in [-0.25, -0.2) is 4.39 Å². The molecule has 0 N–H and O–H groups in total. The standard InChI is InChI=1S/C17H12BrFO/c18-17-15-4-2-1-3-13(15)7-10-16(17)20-11-12-5-8-14(19)9-6-12/h1-10H,11H2. The third kappa shape index (κ3) is 2.68. The molecule has 3 rings (SSSR count). The van der Waals surface area contributed by atoms with Crippen LogP contribution in [-0.4, -0.2) is 0 Å². The van der Waals surface area contributed by atoms with E-state index in [0.29, 0.717) is 6.61 Å². The molecular formula is C17H12BrFO. The quantitative estimate of drug-likeness (QED) is 0.631. The van der Waals surface area contributed by atoms with Crippen LogP contribution in [0.3, 0.4) is 0 Å². The van der Waals surface area contributed by atoms with E-state index in [1.165, 1.54) is 12.1 Å². The van der Waals surface area contributed by atoms with Gasteiger partial charge in [-0.15, -0.1) is 0 Å². The van der Waals surface area contributed by atoms with Crippen molar-refractivity contribution in [2.45, 2.75) is 6.61 Å². The summed E-state index contributed by atoms with van der Waals surface area (Å²) < 4.78 is 19.6.